The Morgan fingerprint density at radius 3 is 2.58 bits per heavy atom. The molecule has 1 amide bonds. The Kier molecular flexibility index (Phi) is 4.74. The molecule has 1 fully saturated rings. The fourth-order valence-electron chi connectivity index (χ4n) is 2.57. The van der Waals surface area contributed by atoms with Crippen LogP contribution in [0.1, 0.15) is 43.1 Å². The Morgan fingerprint density at radius 2 is 1.95 bits per heavy atom. The molecule has 2 rings (SSSR count). The summed E-state index contributed by atoms with van der Waals surface area (Å²) in [6, 6.07) is 5.41. The number of aromatic nitrogens is 1. The summed E-state index contributed by atoms with van der Waals surface area (Å²) in [6.45, 7) is 3.10. The molecule has 3 N–H and O–H groups in total. The van der Waals surface area contributed by atoms with Crippen LogP contribution < -0.4 is 16.2 Å². The highest BCUT2D eigenvalue weighted by Gasteiger charge is 2.22. The number of rotatable bonds is 4. The monoisotopic (exact) mass is 263 g/mol. The van der Waals surface area contributed by atoms with Gasteiger partial charge in [0.2, 0.25) is 5.56 Å². The summed E-state index contributed by atoms with van der Waals surface area (Å²) in [5.41, 5.74) is 0.0878. The van der Waals surface area contributed by atoms with Crippen molar-refractivity contribution in [3.05, 3.63) is 34.2 Å². The molecule has 0 bridgehead atoms. The van der Waals surface area contributed by atoms with Gasteiger partial charge in [-0.1, -0.05) is 13.0 Å². The van der Waals surface area contributed by atoms with Crippen molar-refractivity contribution in [3.63, 3.8) is 0 Å². The van der Waals surface area contributed by atoms with Crippen LogP contribution in [0, 0.1) is 0 Å². The van der Waals surface area contributed by atoms with E-state index in [2.05, 4.69) is 22.5 Å². The first-order valence-corrected chi connectivity index (χ1v) is 6.92. The first-order valence-electron chi connectivity index (χ1n) is 6.92. The zero-order chi connectivity index (χ0) is 13.7. The first kappa shape index (κ1) is 13.8. The third-order valence-corrected chi connectivity index (χ3v) is 3.57. The maximum Gasteiger partial charge on any atom is 0.268 e. The second-order valence-corrected chi connectivity index (χ2v) is 5.01. The molecule has 1 aliphatic carbocycles. The summed E-state index contributed by atoms with van der Waals surface area (Å²) in [7, 11) is 0. The Balaban J connectivity index is 1.85. The van der Waals surface area contributed by atoms with Crippen molar-refractivity contribution in [1.82, 2.24) is 15.6 Å². The van der Waals surface area contributed by atoms with E-state index in [0.29, 0.717) is 11.7 Å². The number of hydrogen-bond donors (Lipinski definition) is 3. The normalized spacial score (nSPS) is 23.0. The van der Waals surface area contributed by atoms with E-state index in [1.165, 1.54) is 6.07 Å². The van der Waals surface area contributed by atoms with Crippen molar-refractivity contribution in [3.8, 4) is 0 Å². The highest BCUT2D eigenvalue weighted by Crippen LogP contribution is 2.18. The minimum absolute atomic E-state index is 0.190. The summed E-state index contributed by atoms with van der Waals surface area (Å²) in [5.74, 6) is -0.190. The highest BCUT2D eigenvalue weighted by molar-refractivity contribution is 5.92. The number of nitrogens with one attached hydrogen (secondary N) is 3. The molecule has 0 atom stereocenters. The van der Waals surface area contributed by atoms with Gasteiger partial charge in [0, 0.05) is 18.2 Å². The van der Waals surface area contributed by atoms with Gasteiger partial charge in [0.1, 0.15) is 5.69 Å². The molecule has 1 aromatic heterocycles. The van der Waals surface area contributed by atoms with Crippen LogP contribution in [0.4, 0.5) is 0 Å². The minimum atomic E-state index is -0.247. The molecule has 0 aromatic carbocycles. The fraction of sp³-hybridized carbons (Fsp3) is 0.571. The maximum atomic E-state index is 12.0. The largest absolute Gasteiger partial charge is 0.348 e. The van der Waals surface area contributed by atoms with Gasteiger partial charge in [-0.25, -0.2) is 0 Å². The Morgan fingerprint density at radius 1 is 1.26 bits per heavy atom. The Hall–Kier alpha value is -1.62. The Labute approximate surface area is 112 Å². The van der Waals surface area contributed by atoms with Crippen molar-refractivity contribution in [2.45, 2.75) is 44.7 Å². The zero-order valence-corrected chi connectivity index (χ0v) is 11.2. The van der Waals surface area contributed by atoms with Crippen LogP contribution in [0.5, 0.6) is 0 Å². The lowest BCUT2D eigenvalue weighted by Gasteiger charge is -2.29. The molecule has 5 nitrogen and oxygen atoms in total. The van der Waals surface area contributed by atoms with Gasteiger partial charge in [-0.2, -0.15) is 0 Å². The van der Waals surface area contributed by atoms with Crippen LogP contribution in [0.2, 0.25) is 0 Å². The van der Waals surface area contributed by atoms with Gasteiger partial charge in [0.05, 0.1) is 0 Å². The molecule has 0 radical (unpaired) electrons. The van der Waals surface area contributed by atoms with Gasteiger partial charge in [0.25, 0.3) is 5.91 Å². The highest BCUT2D eigenvalue weighted by atomic mass is 16.2. The van der Waals surface area contributed by atoms with E-state index in [0.717, 1.165) is 32.2 Å². The van der Waals surface area contributed by atoms with E-state index in [1.807, 2.05) is 0 Å². The van der Waals surface area contributed by atoms with Crippen LogP contribution in [0.25, 0.3) is 0 Å². The van der Waals surface area contributed by atoms with Gasteiger partial charge in [-0.3, -0.25) is 9.59 Å². The summed E-state index contributed by atoms with van der Waals surface area (Å²) < 4.78 is 0. The van der Waals surface area contributed by atoms with E-state index in [-0.39, 0.29) is 17.5 Å². The third kappa shape index (κ3) is 3.92. The lowest BCUT2D eigenvalue weighted by Crippen LogP contribution is -2.42. The number of amides is 1. The number of H-pyrrole nitrogens is 1. The first-order chi connectivity index (χ1) is 9.19. The van der Waals surface area contributed by atoms with Crippen molar-refractivity contribution in [2.24, 2.45) is 0 Å². The van der Waals surface area contributed by atoms with E-state index in [4.69, 9.17) is 0 Å². The molecule has 5 heteroatoms. The molecule has 19 heavy (non-hydrogen) atoms. The number of hydrogen-bond acceptors (Lipinski definition) is 3. The van der Waals surface area contributed by atoms with Crippen LogP contribution in [-0.2, 0) is 0 Å². The average Bonchev–Trinajstić information content (AvgIpc) is 2.41. The zero-order valence-electron chi connectivity index (χ0n) is 11.2. The smallest absolute Gasteiger partial charge is 0.268 e. The van der Waals surface area contributed by atoms with Crippen LogP contribution in [0.15, 0.2) is 23.0 Å². The molecule has 1 saturated carbocycles. The molecule has 104 valence electrons. The number of carbonyl (C=O) groups excluding carboxylic acids is 1. The standard InChI is InChI=1S/C14H21N3O2/c1-2-15-10-6-8-11(9-7-10)16-14(19)12-4-3-5-13(18)17-12/h3-5,10-11,15H,2,6-9H2,1H3,(H,16,19)(H,17,18). The third-order valence-electron chi connectivity index (χ3n) is 3.57. The number of carbonyl (C=O) groups is 1. The number of pyridine rings is 1. The summed E-state index contributed by atoms with van der Waals surface area (Å²) in [6.07, 6.45) is 4.15. The molecule has 0 aliphatic heterocycles. The maximum absolute atomic E-state index is 12.0. The second-order valence-electron chi connectivity index (χ2n) is 5.01. The molecule has 1 aromatic rings. The quantitative estimate of drug-likeness (QED) is 0.759. The van der Waals surface area contributed by atoms with E-state index < -0.39 is 0 Å². The van der Waals surface area contributed by atoms with Crippen molar-refractivity contribution in [1.29, 1.82) is 0 Å². The van der Waals surface area contributed by atoms with E-state index in [9.17, 15) is 9.59 Å². The summed E-state index contributed by atoms with van der Waals surface area (Å²) in [5, 5.41) is 6.43. The molecule has 0 saturated heterocycles. The van der Waals surface area contributed by atoms with Crippen LogP contribution in [-0.4, -0.2) is 29.5 Å². The fourth-order valence-corrected chi connectivity index (χ4v) is 2.57. The molecular weight excluding hydrogens is 242 g/mol. The molecule has 1 heterocycles. The SMILES string of the molecule is CCNC1CCC(NC(=O)c2cccc(=O)[nH]2)CC1. The molecule has 1 aliphatic rings. The second kappa shape index (κ2) is 6.52. The van der Waals surface area contributed by atoms with Crippen molar-refractivity contribution >= 4 is 5.91 Å². The topological polar surface area (TPSA) is 74.0 Å². The van der Waals surface area contributed by atoms with E-state index in [1.54, 1.807) is 12.1 Å². The minimum Gasteiger partial charge on any atom is -0.348 e. The van der Waals surface area contributed by atoms with Gasteiger partial charge < -0.3 is 15.6 Å². The average molecular weight is 263 g/mol. The van der Waals surface area contributed by atoms with Gasteiger partial charge in [0.15, 0.2) is 0 Å². The van der Waals surface area contributed by atoms with Gasteiger partial charge in [-0.15, -0.1) is 0 Å². The lowest BCUT2D eigenvalue weighted by atomic mass is 9.91. The summed E-state index contributed by atoms with van der Waals surface area (Å²) in [4.78, 5) is 25.7. The van der Waals surface area contributed by atoms with Crippen molar-refractivity contribution in [2.75, 3.05) is 6.54 Å². The van der Waals surface area contributed by atoms with E-state index >= 15 is 0 Å². The summed E-state index contributed by atoms with van der Waals surface area (Å²) >= 11 is 0. The van der Waals surface area contributed by atoms with Gasteiger partial charge >= 0.3 is 0 Å². The lowest BCUT2D eigenvalue weighted by molar-refractivity contribution is 0.0919. The van der Waals surface area contributed by atoms with Crippen molar-refractivity contribution < 1.29 is 4.79 Å². The predicted octanol–water partition coefficient (Wildman–Crippen LogP) is 1.03. The molecular formula is C14H21N3O2. The molecule has 0 spiro atoms. The van der Waals surface area contributed by atoms with Crippen LogP contribution in [0.3, 0.4) is 0 Å². The van der Waals surface area contributed by atoms with Crippen LogP contribution >= 0.6 is 0 Å². The Bertz CT molecular complexity index is 476. The predicted molar refractivity (Wildman–Crippen MR) is 74.2 cm³/mol. The van der Waals surface area contributed by atoms with Gasteiger partial charge in [-0.05, 0) is 38.3 Å². The number of aromatic amines is 1. The molecule has 0 unspecified atom stereocenters.